The molecule has 1 aromatic carbocycles. The van der Waals surface area contributed by atoms with Crippen LogP contribution in [-0.2, 0) is 0 Å². The van der Waals surface area contributed by atoms with Crippen LogP contribution in [0.1, 0.15) is 36.0 Å². The van der Waals surface area contributed by atoms with Crippen LogP contribution in [0.5, 0.6) is 5.75 Å². The number of hydrogen-bond donors (Lipinski definition) is 0. The van der Waals surface area contributed by atoms with Crippen LogP contribution in [-0.4, -0.2) is 23.9 Å². The standard InChI is InChI=1S/C14H17FO2S/c1-17-13-8-4-7-11(14(13)15)12(16)9-18-10-5-2-3-6-10/h4,7-8,10H,2-3,5-6,9H2,1H3. The van der Waals surface area contributed by atoms with Gasteiger partial charge in [-0.15, -0.1) is 0 Å². The molecule has 0 heterocycles. The molecule has 18 heavy (non-hydrogen) atoms. The van der Waals surface area contributed by atoms with Crippen LogP contribution in [0.2, 0.25) is 0 Å². The second-order valence-electron chi connectivity index (χ2n) is 4.46. The molecule has 2 nitrogen and oxygen atoms in total. The first-order valence-electron chi connectivity index (χ1n) is 6.19. The van der Waals surface area contributed by atoms with E-state index in [2.05, 4.69) is 0 Å². The SMILES string of the molecule is COc1cccc(C(=O)CSC2CCCC2)c1F. The van der Waals surface area contributed by atoms with Crippen LogP contribution in [0.3, 0.4) is 0 Å². The summed E-state index contributed by atoms with van der Waals surface area (Å²) in [5.41, 5.74) is 0.139. The van der Waals surface area contributed by atoms with E-state index in [9.17, 15) is 9.18 Å². The molecule has 0 spiro atoms. The summed E-state index contributed by atoms with van der Waals surface area (Å²) >= 11 is 1.65. The van der Waals surface area contributed by atoms with Crippen molar-refractivity contribution in [2.45, 2.75) is 30.9 Å². The minimum absolute atomic E-state index is 0.131. The number of carbonyl (C=O) groups excluding carboxylic acids is 1. The monoisotopic (exact) mass is 268 g/mol. The van der Waals surface area contributed by atoms with E-state index < -0.39 is 5.82 Å². The van der Waals surface area contributed by atoms with Crippen molar-refractivity contribution < 1.29 is 13.9 Å². The lowest BCUT2D eigenvalue weighted by Crippen LogP contribution is -2.09. The van der Waals surface area contributed by atoms with Gasteiger partial charge in [0.15, 0.2) is 17.3 Å². The van der Waals surface area contributed by atoms with Gasteiger partial charge in [-0.1, -0.05) is 18.9 Å². The van der Waals surface area contributed by atoms with Gasteiger partial charge in [-0.05, 0) is 25.0 Å². The highest BCUT2D eigenvalue weighted by Crippen LogP contribution is 2.30. The second kappa shape index (κ2) is 6.23. The maximum absolute atomic E-state index is 13.9. The van der Waals surface area contributed by atoms with Gasteiger partial charge in [0.1, 0.15) is 0 Å². The Bertz CT molecular complexity index is 428. The zero-order valence-electron chi connectivity index (χ0n) is 10.4. The maximum Gasteiger partial charge on any atom is 0.175 e. The van der Waals surface area contributed by atoms with Crippen molar-refractivity contribution in [3.05, 3.63) is 29.6 Å². The highest BCUT2D eigenvalue weighted by atomic mass is 32.2. The molecule has 0 radical (unpaired) electrons. The number of methoxy groups -OCH3 is 1. The smallest absolute Gasteiger partial charge is 0.175 e. The van der Waals surface area contributed by atoms with Crippen LogP contribution in [0, 0.1) is 5.82 Å². The Kier molecular flexibility index (Phi) is 4.64. The molecule has 0 amide bonds. The number of carbonyl (C=O) groups is 1. The van der Waals surface area contributed by atoms with Gasteiger partial charge < -0.3 is 4.74 Å². The first-order valence-corrected chi connectivity index (χ1v) is 7.24. The Hall–Kier alpha value is -1.03. The number of ketones is 1. The lowest BCUT2D eigenvalue weighted by atomic mass is 10.1. The number of ether oxygens (including phenoxy) is 1. The fourth-order valence-corrected chi connectivity index (χ4v) is 3.42. The second-order valence-corrected chi connectivity index (χ2v) is 5.75. The van der Waals surface area contributed by atoms with Gasteiger partial charge in [-0.2, -0.15) is 11.8 Å². The van der Waals surface area contributed by atoms with E-state index in [0.717, 1.165) is 0 Å². The fraction of sp³-hybridized carbons (Fsp3) is 0.500. The van der Waals surface area contributed by atoms with Crippen molar-refractivity contribution >= 4 is 17.5 Å². The Morgan fingerprint density at radius 3 is 2.83 bits per heavy atom. The van der Waals surface area contributed by atoms with Gasteiger partial charge in [0.2, 0.25) is 0 Å². The molecule has 0 saturated heterocycles. The summed E-state index contributed by atoms with van der Waals surface area (Å²) < 4.78 is 18.7. The third-order valence-corrected chi connectivity index (χ3v) is 4.61. The molecule has 4 heteroatoms. The van der Waals surface area contributed by atoms with E-state index in [1.165, 1.54) is 44.9 Å². The molecule has 1 fully saturated rings. The van der Waals surface area contributed by atoms with Crippen LogP contribution in [0.15, 0.2) is 18.2 Å². The molecule has 1 aliphatic rings. The molecule has 0 unspecified atom stereocenters. The predicted octanol–water partition coefficient (Wildman–Crippen LogP) is 3.69. The van der Waals surface area contributed by atoms with Gasteiger partial charge >= 0.3 is 0 Å². The molecule has 0 bridgehead atoms. The fourth-order valence-electron chi connectivity index (χ4n) is 2.21. The minimum atomic E-state index is -0.544. The Labute approximate surface area is 111 Å². The van der Waals surface area contributed by atoms with E-state index >= 15 is 0 Å². The number of Topliss-reactive ketones (excluding diaryl/α,β-unsaturated/α-hetero) is 1. The van der Waals surface area contributed by atoms with E-state index in [0.29, 0.717) is 11.0 Å². The van der Waals surface area contributed by atoms with Crippen molar-refractivity contribution in [3.8, 4) is 5.75 Å². The molecule has 0 atom stereocenters. The molecule has 98 valence electrons. The summed E-state index contributed by atoms with van der Waals surface area (Å²) in [5.74, 6) is -0.207. The molecule has 0 aromatic heterocycles. The van der Waals surface area contributed by atoms with E-state index in [1.807, 2.05) is 0 Å². The summed E-state index contributed by atoms with van der Waals surface area (Å²) in [7, 11) is 1.40. The zero-order valence-corrected chi connectivity index (χ0v) is 11.3. The predicted molar refractivity (Wildman–Crippen MR) is 72.0 cm³/mol. The topological polar surface area (TPSA) is 26.3 Å². The van der Waals surface area contributed by atoms with Crippen molar-refractivity contribution in [2.24, 2.45) is 0 Å². The first-order chi connectivity index (χ1) is 8.72. The lowest BCUT2D eigenvalue weighted by Gasteiger charge is -2.09. The Balaban J connectivity index is 1.99. The van der Waals surface area contributed by atoms with Crippen LogP contribution in [0.4, 0.5) is 4.39 Å². The third-order valence-electron chi connectivity index (χ3n) is 3.24. The Morgan fingerprint density at radius 2 is 2.17 bits per heavy atom. The van der Waals surface area contributed by atoms with Gasteiger partial charge in [0, 0.05) is 5.25 Å². The summed E-state index contributed by atoms with van der Waals surface area (Å²) in [5, 5.41) is 0.572. The number of hydrogen-bond acceptors (Lipinski definition) is 3. The van der Waals surface area contributed by atoms with Gasteiger partial charge in [0.25, 0.3) is 0 Å². The summed E-state index contributed by atoms with van der Waals surface area (Å²) in [6.45, 7) is 0. The van der Waals surface area contributed by atoms with E-state index in [1.54, 1.807) is 17.8 Å². The average Bonchev–Trinajstić information content (AvgIpc) is 2.89. The van der Waals surface area contributed by atoms with Gasteiger partial charge in [-0.25, -0.2) is 4.39 Å². The van der Waals surface area contributed by atoms with Gasteiger partial charge in [-0.3, -0.25) is 4.79 Å². The number of rotatable bonds is 5. The highest BCUT2D eigenvalue weighted by molar-refractivity contribution is 8.00. The number of thioether (sulfide) groups is 1. The molecule has 0 N–H and O–H groups in total. The summed E-state index contributed by atoms with van der Waals surface area (Å²) in [6.07, 6.45) is 4.86. The van der Waals surface area contributed by atoms with E-state index in [-0.39, 0.29) is 17.1 Å². The van der Waals surface area contributed by atoms with E-state index in [4.69, 9.17) is 4.74 Å². The maximum atomic E-state index is 13.9. The largest absolute Gasteiger partial charge is 0.494 e. The molecule has 2 rings (SSSR count). The average molecular weight is 268 g/mol. The number of halogens is 1. The van der Waals surface area contributed by atoms with Crippen molar-refractivity contribution in [1.29, 1.82) is 0 Å². The quantitative estimate of drug-likeness (QED) is 0.762. The molecular formula is C14H17FO2S. The highest BCUT2D eigenvalue weighted by Gasteiger charge is 2.19. The van der Waals surface area contributed by atoms with Crippen LogP contribution >= 0.6 is 11.8 Å². The lowest BCUT2D eigenvalue weighted by molar-refractivity contribution is 0.101. The normalized spacial score (nSPS) is 15.9. The van der Waals surface area contributed by atoms with Crippen LogP contribution in [0.25, 0.3) is 0 Å². The molecule has 1 saturated carbocycles. The van der Waals surface area contributed by atoms with Gasteiger partial charge in [0.05, 0.1) is 18.4 Å². The van der Waals surface area contributed by atoms with Crippen LogP contribution < -0.4 is 4.74 Å². The third kappa shape index (κ3) is 3.05. The minimum Gasteiger partial charge on any atom is -0.494 e. The zero-order chi connectivity index (χ0) is 13.0. The number of benzene rings is 1. The molecular weight excluding hydrogens is 251 g/mol. The van der Waals surface area contributed by atoms with Crippen molar-refractivity contribution in [3.63, 3.8) is 0 Å². The Morgan fingerprint density at radius 1 is 1.44 bits per heavy atom. The first kappa shape index (κ1) is 13.4. The summed E-state index contributed by atoms with van der Waals surface area (Å²) in [6, 6.07) is 4.70. The molecule has 1 aromatic rings. The molecule has 1 aliphatic carbocycles. The van der Waals surface area contributed by atoms with Crippen molar-refractivity contribution in [1.82, 2.24) is 0 Å². The van der Waals surface area contributed by atoms with Crippen molar-refractivity contribution in [2.75, 3.05) is 12.9 Å². The molecule has 0 aliphatic heterocycles. The summed E-state index contributed by atoms with van der Waals surface area (Å²) in [4.78, 5) is 12.0.